The van der Waals surface area contributed by atoms with Gasteiger partial charge in [-0.3, -0.25) is 0 Å². The van der Waals surface area contributed by atoms with Gasteiger partial charge in [-0.2, -0.15) is 0 Å². The predicted molar refractivity (Wildman–Crippen MR) is 125 cm³/mol. The second-order valence-electron chi connectivity index (χ2n) is 7.43. The molecule has 0 heterocycles. The molecule has 0 aromatic heterocycles. The Morgan fingerprint density at radius 3 is 1.77 bits per heavy atom. The molecule has 0 saturated carbocycles. The molecule has 0 aliphatic rings. The molecule has 5 heteroatoms. The molecule has 0 aliphatic heterocycles. The first-order chi connectivity index (χ1) is 15.2. The van der Waals surface area contributed by atoms with Gasteiger partial charge < -0.3 is 19.7 Å². The van der Waals surface area contributed by atoms with Crippen molar-refractivity contribution in [1.29, 1.82) is 0 Å². The van der Waals surface area contributed by atoms with Gasteiger partial charge >= 0.3 is 0 Å². The zero-order valence-corrected chi connectivity index (χ0v) is 18.6. The normalized spacial score (nSPS) is 14.2. The Bertz CT molecular complexity index is 871. The maximum Gasteiger partial charge on any atom is 0.108 e. The number of ether oxygens (including phenoxy) is 2. The lowest BCUT2D eigenvalue weighted by Gasteiger charge is -2.32. The molecule has 164 valence electrons. The van der Waals surface area contributed by atoms with Gasteiger partial charge in [-0.15, -0.1) is 11.8 Å². The van der Waals surface area contributed by atoms with Gasteiger partial charge in [0.25, 0.3) is 0 Å². The van der Waals surface area contributed by atoms with E-state index in [-0.39, 0.29) is 18.5 Å². The van der Waals surface area contributed by atoms with Crippen LogP contribution in [-0.2, 0) is 22.7 Å². The van der Waals surface area contributed by atoms with E-state index in [0.29, 0.717) is 13.2 Å². The van der Waals surface area contributed by atoms with E-state index in [1.807, 2.05) is 91.9 Å². The van der Waals surface area contributed by atoms with E-state index in [1.165, 1.54) is 17.3 Å². The molecule has 0 bridgehead atoms. The number of hydrogen-bond donors (Lipinski definition) is 2. The first-order valence-electron chi connectivity index (χ1n) is 10.5. The molecule has 4 nitrogen and oxygen atoms in total. The number of thioether (sulfide) groups is 1. The van der Waals surface area contributed by atoms with Crippen molar-refractivity contribution in [2.45, 2.75) is 42.5 Å². The average Bonchev–Trinajstić information content (AvgIpc) is 2.82. The zero-order valence-electron chi connectivity index (χ0n) is 17.8. The van der Waals surface area contributed by atoms with Crippen molar-refractivity contribution in [3.05, 3.63) is 102 Å². The first kappa shape index (κ1) is 23.5. The summed E-state index contributed by atoms with van der Waals surface area (Å²) < 4.78 is 12.3. The number of rotatable bonds is 12. The van der Waals surface area contributed by atoms with Gasteiger partial charge in [-0.1, -0.05) is 78.4 Å². The summed E-state index contributed by atoms with van der Waals surface area (Å²) in [5.41, 5.74) is 3.24. The molecule has 2 N–H and O–H groups in total. The molecule has 3 aromatic rings. The van der Waals surface area contributed by atoms with Crippen LogP contribution in [0.15, 0.2) is 89.8 Å². The summed E-state index contributed by atoms with van der Waals surface area (Å²) in [5.74, 6) is 0. The second kappa shape index (κ2) is 12.6. The van der Waals surface area contributed by atoms with Crippen LogP contribution >= 0.6 is 11.8 Å². The minimum Gasteiger partial charge on any atom is -0.395 e. The zero-order chi connectivity index (χ0) is 21.9. The summed E-state index contributed by atoms with van der Waals surface area (Å²) >= 11 is 1.54. The number of aryl methyl sites for hydroxylation is 1. The summed E-state index contributed by atoms with van der Waals surface area (Å²) in [6.07, 6.45) is -1.07. The highest BCUT2D eigenvalue weighted by molar-refractivity contribution is 8.00. The summed E-state index contributed by atoms with van der Waals surface area (Å²) in [5, 5.41) is 20.0. The lowest BCUT2D eigenvalue weighted by Crippen LogP contribution is -2.43. The Morgan fingerprint density at radius 1 is 0.710 bits per heavy atom. The van der Waals surface area contributed by atoms with Crippen LogP contribution < -0.4 is 0 Å². The van der Waals surface area contributed by atoms with Crippen LogP contribution in [0.3, 0.4) is 0 Å². The second-order valence-corrected chi connectivity index (χ2v) is 8.74. The van der Waals surface area contributed by atoms with Crippen molar-refractivity contribution in [1.82, 2.24) is 0 Å². The van der Waals surface area contributed by atoms with E-state index in [9.17, 15) is 10.2 Å². The number of hydrogen-bond acceptors (Lipinski definition) is 5. The van der Waals surface area contributed by atoms with Crippen molar-refractivity contribution < 1.29 is 19.7 Å². The first-order valence-corrected chi connectivity index (χ1v) is 11.3. The topological polar surface area (TPSA) is 58.9 Å². The monoisotopic (exact) mass is 438 g/mol. The van der Waals surface area contributed by atoms with Crippen LogP contribution in [-0.4, -0.2) is 40.9 Å². The Labute approximate surface area is 188 Å². The Balaban J connectivity index is 1.75. The third-order valence-corrected chi connectivity index (χ3v) is 6.26. The molecular weight excluding hydrogens is 408 g/mol. The van der Waals surface area contributed by atoms with Crippen LogP contribution in [0.1, 0.15) is 16.7 Å². The van der Waals surface area contributed by atoms with Crippen LogP contribution in [0.5, 0.6) is 0 Å². The van der Waals surface area contributed by atoms with Crippen LogP contribution in [0.4, 0.5) is 0 Å². The van der Waals surface area contributed by atoms with E-state index >= 15 is 0 Å². The largest absolute Gasteiger partial charge is 0.395 e. The van der Waals surface area contributed by atoms with Gasteiger partial charge in [-0.05, 0) is 30.2 Å². The van der Waals surface area contributed by atoms with Gasteiger partial charge in [-0.25, -0.2) is 0 Å². The van der Waals surface area contributed by atoms with Crippen molar-refractivity contribution in [2.24, 2.45) is 0 Å². The molecule has 31 heavy (non-hydrogen) atoms. The Hall–Kier alpha value is -2.15. The summed E-state index contributed by atoms with van der Waals surface area (Å²) in [6.45, 7) is 2.50. The van der Waals surface area contributed by atoms with Gasteiger partial charge in [0.1, 0.15) is 12.2 Å². The quantitative estimate of drug-likeness (QED) is 0.405. The summed E-state index contributed by atoms with van der Waals surface area (Å²) in [4.78, 5) is 1.04. The standard InChI is InChI=1S/C26H30O4S/c1-20-12-14-23(15-13-20)31-25(17-28)26(30-19-22-10-6-3-7-11-22)24(16-27)29-18-21-8-4-2-5-9-21/h2-15,24-28H,16-19H2,1H3/t24-,25-,26-/m1/s1. The highest BCUT2D eigenvalue weighted by Gasteiger charge is 2.32. The maximum atomic E-state index is 10.2. The summed E-state index contributed by atoms with van der Waals surface area (Å²) in [6, 6.07) is 27.9. The maximum absolute atomic E-state index is 10.2. The fraction of sp³-hybridized carbons (Fsp3) is 0.308. The van der Waals surface area contributed by atoms with Crippen molar-refractivity contribution in [2.75, 3.05) is 13.2 Å². The number of aliphatic hydroxyl groups excluding tert-OH is 2. The molecule has 3 atom stereocenters. The van der Waals surface area contributed by atoms with E-state index in [1.54, 1.807) is 0 Å². The minimum atomic E-state index is -0.570. The molecule has 0 fully saturated rings. The number of aliphatic hydroxyl groups is 2. The van der Waals surface area contributed by atoms with Gasteiger partial charge in [0.05, 0.1) is 31.7 Å². The fourth-order valence-electron chi connectivity index (χ4n) is 3.25. The third-order valence-electron chi connectivity index (χ3n) is 4.99. The van der Waals surface area contributed by atoms with Gasteiger partial charge in [0, 0.05) is 4.90 Å². The molecule has 0 saturated heterocycles. The Kier molecular flexibility index (Phi) is 9.59. The van der Waals surface area contributed by atoms with Crippen molar-refractivity contribution in [3.8, 4) is 0 Å². The minimum absolute atomic E-state index is 0.0941. The molecule has 0 aliphatic carbocycles. The molecule has 3 rings (SSSR count). The third kappa shape index (κ3) is 7.49. The summed E-state index contributed by atoms with van der Waals surface area (Å²) in [7, 11) is 0. The predicted octanol–water partition coefficient (Wildman–Crippen LogP) is 4.61. The lowest BCUT2D eigenvalue weighted by molar-refractivity contribution is -0.107. The number of benzene rings is 3. The molecule has 0 amide bonds. The van der Waals surface area contributed by atoms with Gasteiger partial charge in [0.15, 0.2) is 0 Å². The van der Waals surface area contributed by atoms with E-state index in [2.05, 4.69) is 0 Å². The molecule has 0 radical (unpaired) electrons. The molecule has 3 aromatic carbocycles. The molecule has 0 spiro atoms. The lowest BCUT2D eigenvalue weighted by atomic mass is 10.1. The van der Waals surface area contributed by atoms with Crippen molar-refractivity contribution in [3.63, 3.8) is 0 Å². The SMILES string of the molecule is Cc1ccc(S[C@H](CO)[C@H](OCc2ccccc2)[C@@H](CO)OCc2ccccc2)cc1. The van der Waals surface area contributed by atoms with Crippen LogP contribution in [0.2, 0.25) is 0 Å². The Morgan fingerprint density at radius 2 is 1.26 bits per heavy atom. The van der Waals surface area contributed by atoms with E-state index < -0.39 is 12.2 Å². The van der Waals surface area contributed by atoms with E-state index in [0.717, 1.165) is 16.0 Å². The highest BCUT2D eigenvalue weighted by atomic mass is 32.2. The van der Waals surface area contributed by atoms with E-state index in [4.69, 9.17) is 9.47 Å². The van der Waals surface area contributed by atoms with Crippen molar-refractivity contribution >= 4 is 11.8 Å². The highest BCUT2D eigenvalue weighted by Crippen LogP contribution is 2.30. The fourth-order valence-corrected chi connectivity index (χ4v) is 4.35. The average molecular weight is 439 g/mol. The van der Waals surface area contributed by atoms with Crippen LogP contribution in [0.25, 0.3) is 0 Å². The van der Waals surface area contributed by atoms with Gasteiger partial charge in [0.2, 0.25) is 0 Å². The molecule has 0 unspecified atom stereocenters. The van der Waals surface area contributed by atoms with Crippen LogP contribution in [0, 0.1) is 6.92 Å². The smallest absolute Gasteiger partial charge is 0.108 e. The molecular formula is C26H30O4S.